The van der Waals surface area contributed by atoms with E-state index in [-0.39, 0.29) is 25.1 Å². The van der Waals surface area contributed by atoms with Crippen LogP contribution < -0.4 is 21.0 Å². The summed E-state index contributed by atoms with van der Waals surface area (Å²) >= 11 is 0. The zero-order valence-electron chi connectivity index (χ0n) is 23.1. The molecule has 1 aliphatic rings. The van der Waals surface area contributed by atoms with Gasteiger partial charge >= 0.3 is 14.2 Å². The summed E-state index contributed by atoms with van der Waals surface area (Å²) < 4.78 is 43.4. The number of nitrogen functional groups attached to an aromatic ring is 1. The Kier molecular flexibility index (Phi) is 14.6. The van der Waals surface area contributed by atoms with Gasteiger partial charge in [-0.25, -0.2) is 18.7 Å². The minimum Gasteiger partial charge on any atom is -0.436 e. The third-order valence-electron chi connectivity index (χ3n) is 5.63. The van der Waals surface area contributed by atoms with E-state index < -0.39 is 27.4 Å². The van der Waals surface area contributed by atoms with Crippen molar-refractivity contribution in [1.29, 1.82) is 0 Å². The Balaban J connectivity index is 0.000000621. The van der Waals surface area contributed by atoms with Crippen LogP contribution in [0.25, 0.3) is 10.8 Å². The zero-order chi connectivity index (χ0) is 29.5. The second-order valence-corrected chi connectivity index (χ2v) is 10.1. The molecule has 0 amide bonds. The van der Waals surface area contributed by atoms with Crippen molar-refractivity contribution < 1.29 is 32.1 Å². The Labute approximate surface area is 233 Å². The molecule has 1 aliphatic heterocycles. The average molecular weight is 583 g/mol. The van der Waals surface area contributed by atoms with Crippen LogP contribution in [0.2, 0.25) is 0 Å². The molecule has 1 saturated heterocycles. The monoisotopic (exact) mass is 582 g/mol. The number of benzene rings is 2. The number of nitrogens with one attached hydrogen (secondary N) is 1. The Morgan fingerprint density at radius 3 is 2.55 bits per heavy atom. The number of hydrogen-bond donors (Lipinski definition) is 2. The van der Waals surface area contributed by atoms with E-state index >= 15 is 0 Å². The van der Waals surface area contributed by atoms with Crippen LogP contribution in [-0.2, 0) is 18.8 Å². The first-order valence-electron chi connectivity index (χ1n) is 12.6. The fourth-order valence-corrected chi connectivity index (χ4v) is 4.52. The largest absolute Gasteiger partial charge is 0.436 e. The molecule has 220 valence electrons. The van der Waals surface area contributed by atoms with Gasteiger partial charge < -0.3 is 29.0 Å². The fourth-order valence-electron chi connectivity index (χ4n) is 3.49. The van der Waals surface area contributed by atoms with Crippen LogP contribution in [0.15, 0.2) is 53.5 Å². The summed E-state index contributed by atoms with van der Waals surface area (Å²) in [6.45, 7) is 4.42. The fraction of sp³-hybridized carbons (Fsp3) is 0.444. The third kappa shape index (κ3) is 10.9. The van der Waals surface area contributed by atoms with Crippen LogP contribution in [0.4, 0.5) is 14.6 Å². The third-order valence-corrected chi connectivity index (χ3v) is 6.83. The first kappa shape index (κ1) is 33.2. The van der Waals surface area contributed by atoms with Crippen LogP contribution in [0.3, 0.4) is 0 Å². The van der Waals surface area contributed by atoms with Crippen molar-refractivity contribution in [1.82, 2.24) is 14.6 Å². The van der Waals surface area contributed by atoms with Crippen LogP contribution >= 0.6 is 8.53 Å². The Hall–Kier alpha value is -3.02. The molecule has 3 atom stereocenters. The van der Waals surface area contributed by atoms with Crippen molar-refractivity contribution >= 4 is 31.4 Å². The molecule has 1 aromatic heterocycles. The number of hydrogen-bond acceptors (Lipinski definition) is 9. The molecule has 3 aromatic rings. The minimum absolute atomic E-state index is 0.110. The van der Waals surface area contributed by atoms with Crippen molar-refractivity contribution in [2.24, 2.45) is 0 Å². The second-order valence-electron chi connectivity index (χ2n) is 8.86. The number of halogens is 2. The zero-order valence-corrected chi connectivity index (χ0v) is 24.0. The van der Waals surface area contributed by atoms with Gasteiger partial charge in [0.05, 0.1) is 25.4 Å². The van der Waals surface area contributed by atoms with Gasteiger partial charge in [-0.1, -0.05) is 30.3 Å². The molecule has 2 aromatic carbocycles. The number of alkyl halides is 2. The van der Waals surface area contributed by atoms with Crippen LogP contribution in [0, 0.1) is 6.92 Å². The number of aldehydes is 1. The summed E-state index contributed by atoms with van der Waals surface area (Å²) in [6, 6.07) is 13.8. The summed E-state index contributed by atoms with van der Waals surface area (Å²) in [5.74, 6) is 0.871. The molecule has 4 rings (SSSR count). The van der Waals surface area contributed by atoms with Gasteiger partial charge in [0.25, 0.3) is 0 Å². The molecule has 0 bridgehead atoms. The highest BCUT2D eigenvalue weighted by molar-refractivity contribution is 7.45. The van der Waals surface area contributed by atoms with E-state index in [1.807, 2.05) is 56.3 Å². The standard InChI is InChI=1S/C22H25N4O5P.C4H10O.CH2F2/c1-15-13-26(22(28)25-21(15)23)20-9-8-19(30-20)14-29-32(24-10-11-27)31-18-7-6-16-4-2-3-5-17(16)12-18;1-4(2)5-3;2-1-3/h2-7,11-13,19-20,24H,8-10,14H2,1H3,(H2,23,25,28);4H,1-3H3;1H2. The van der Waals surface area contributed by atoms with E-state index in [1.54, 1.807) is 20.2 Å². The van der Waals surface area contributed by atoms with Crippen molar-refractivity contribution in [2.45, 2.75) is 52.0 Å². The molecule has 2 heterocycles. The van der Waals surface area contributed by atoms with E-state index in [1.165, 1.54) is 4.57 Å². The van der Waals surface area contributed by atoms with Gasteiger partial charge in [-0.15, -0.1) is 0 Å². The van der Waals surface area contributed by atoms with Gasteiger partial charge in [-0.3, -0.25) is 4.57 Å². The summed E-state index contributed by atoms with van der Waals surface area (Å²) in [6.07, 6.45) is 3.55. The number of nitrogens with two attached hydrogens (primary N) is 1. The van der Waals surface area contributed by atoms with Crippen molar-refractivity contribution in [3.8, 4) is 5.75 Å². The topological polar surface area (TPSA) is 127 Å². The van der Waals surface area contributed by atoms with Gasteiger partial charge in [0.2, 0.25) is 6.93 Å². The quantitative estimate of drug-likeness (QED) is 0.251. The van der Waals surface area contributed by atoms with E-state index in [2.05, 4.69) is 10.1 Å². The van der Waals surface area contributed by atoms with Crippen molar-refractivity contribution in [2.75, 3.05) is 32.9 Å². The number of rotatable bonds is 10. The number of nitrogens with zero attached hydrogens (tertiary/aromatic N) is 2. The highest BCUT2D eigenvalue weighted by atomic mass is 31.2. The van der Waals surface area contributed by atoms with Crippen molar-refractivity contribution in [3.63, 3.8) is 0 Å². The van der Waals surface area contributed by atoms with Gasteiger partial charge in [0, 0.05) is 18.9 Å². The Morgan fingerprint density at radius 2 is 1.90 bits per heavy atom. The van der Waals surface area contributed by atoms with Gasteiger partial charge in [0.15, 0.2) is 0 Å². The number of methoxy groups -OCH3 is 1. The smallest absolute Gasteiger partial charge is 0.351 e. The first-order valence-corrected chi connectivity index (χ1v) is 13.8. The normalized spacial score (nSPS) is 17.0. The van der Waals surface area contributed by atoms with E-state index in [0.717, 1.165) is 22.6 Å². The lowest BCUT2D eigenvalue weighted by atomic mass is 10.1. The summed E-state index contributed by atoms with van der Waals surface area (Å²) in [4.78, 5) is 26.8. The molecular formula is C27H37F2N4O6P. The minimum atomic E-state index is -1.75. The molecule has 3 unspecified atom stereocenters. The molecule has 0 spiro atoms. The molecular weight excluding hydrogens is 545 g/mol. The second kappa shape index (κ2) is 17.6. The van der Waals surface area contributed by atoms with E-state index in [0.29, 0.717) is 24.7 Å². The lowest BCUT2D eigenvalue weighted by Crippen LogP contribution is -2.29. The molecule has 0 radical (unpaired) electrons. The predicted molar refractivity (Wildman–Crippen MR) is 152 cm³/mol. The molecule has 0 aliphatic carbocycles. The van der Waals surface area contributed by atoms with Gasteiger partial charge in [-0.05, 0) is 56.5 Å². The van der Waals surface area contributed by atoms with Crippen LogP contribution in [0.1, 0.15) is 38.5 Å². The highest BCUT2D eigenvalue weighted by Gasteiger charge is 2.29. The number of fused-ring (bicyclic) bond motifs is 1. The molecule has 3 N–H and O–H groups in total. The predicted octanol–water partition coefficient (Wildman–Crippen LogP) is 5.00. The lowest BCUT2D eigenvalue weighted by Gasteiger charge is -2.20. The lowest BCUT2D eigenvalue weighted by molar-refractivity contribution is -0.106. The Bertz CT molecular complexity index is 1250. The average Bonchev–Trinajstić information content (AvgIpc) is 3.41. The van der Waals surface area contributed by atoms with Gasteiger partial charge in [-0.2, -0.15) is 4.98 Å². The number of carbonyl (C=O) groups excluding carboxylic acids is 1. The molecule has 10 nitrogen and oxygen atoms in total. The highest BCUT2D eigenvalue weighted by Crippen LogP contribution is 2.38. The number of aromatic nitrogens is 2. The molecule has 13 heteroatoms. The van der Waals surface area contributed by atoms with Crippen LogP contribution in [0.5, 0.6) is 5.75 Å². The van der Waals surface area contributed by atoms with E-state index in [9.17, 15) is 18.4 Å². The van der Waals surface area contributed by atoms with Gasteiger partial charge in [0.1, 0.15) is 24.1 Å². The molecule has 40 heavy (non-hydrogen) atoms. The van der Waals surface area contributed by atoms with E-state index in [4.69, 9.17) is 24.3 Å². The number of carbonyl (C=O) groups is 1. The maximum absolute atomic E-state index is 12.2. The molecule has 0 saturated carbocycles. The number of ether oxygens (including phenoxy) is 2. The maximum Gasteiger partial charge on any atom is 0.351 e. The number of aryl methyl sites for hydroxylation is 1. The number of anilines is 1. The van der Waals surface area contributed by atoms with Crippen molar-refractivity contribution in [3.05, 3.63) is 64.7 Å². The summed E-state index contributed by atoms with van der Waals surface area (Å²) in [5, 5.41) is 5.13. The van der Waals surface area contributed by atoms with Crippen LogP contribution in [-0.4, -0.2) is 55.2 Å². The summed E-state index contributed by atoms with van der Waals surface area (Å²) in [7, 11) is 0.142. The molecule has 1 fully saturated rings. The summed E-state index contributed by atoms with van der Waals surface area (Å²) in [5.41, 5.74) is 5.99. The SMILES string of the molecule is COC(C)C.Cc1cn(C2CCC(COP(NCC=O)Oc3ccc4ccccc4c3)O2)c(=O)nc1N.FCF. The first-order chi connectivity index (χ1) is 19.2. The maximum atomic E-state index is 12.2. The Morgan fingerprint density at radius 1 is 1.23 bits per heavy atom.